The summed E-state index contributed by atoms with van der Waals surface area (Å²) in [5.74, 6) is 0.405. The third-order valence-electron chi connectivity index (χ3n) is 1.96. The Hall–Kier alpha value is -0.440. The second-order valence-corrected chi connectivity index (χ2v) is 4.00. The van der Waals surface area contributed by atoms with Crippen molar-refractivity contribution in [3.8, 4) is 0 Å². The minimum Gasteiger partial charge on any atom is -0.204 e. The summed E-state index contributed by atoms with van der Waals surface area (Å²) in [6, 6.07) is 3.33. The van der Waals surface area contributed by atoms with Gasteiger partial charge < -0.3 is 0 Å². The maximum Gasteiger partial charge on any atom is 0.272 e. The van der Waals surface area contributed by atoms with Gasteiger partial charge in [0.2, 0.25) is 0 Å². The molecule has 0 aliphatic heterocycles. The molecule has 1 aromatic rings. The Morgan fingerprint density at radius 1 is 1.33 bits per heavy atom. The predicted octanol–water partition coefficient (Wildman–Crippen LogP) is 4.20. The maximum atomic E-state index is 12.2. The van der Waals surface area contributed by atoms with Crippen molar-refractivity contribution < 1.29 is 8.78 Å². The van der Waals surface area contributed by atoms with E-state index < -0.39 is 6.43 Å². The van der Waals surface area contributed by atoms with Crippen molar-refractivity contribution in [2.24, 2.45) is 0 Å². The minimum atomic E-state index is -2.31. The first-order chi connectivity index (χ1) is 5.65. The normalized spacial score (nSPS) is 13.8. The third-order valence-corrected chi connectivity index (χ3v) is 3.28. The summed E-state index contributed by atoms with van der Waals surface area (Å²) >= 11 is 1.22. The molecule has 1 rings (SSSR count). The number of halogens is 2. The molecule has 0 nitrogen and oxygen atoms in total. The second kappa shape index (κ2) is 3.99. The van der Waals surface area contributed by atoms with Gasteiger partial charge in [-0.15, -0.1) is 11.3 Å². The van der Waals surface area contributed by atoms with Gasteiger partial charge in [0, 0.05) is 4.88 Å². The molecular weight excluding hydrogens is 178 g/mol. The van der Waals surface area contributed by atoms with Crippen LogP contribution in [0.4, 0.5) is 8.78 Å². The summed E-state index contributed by atoms with van der Waals surface area (Å²) in [4.78, 5) is 1.25. The van der Waals surface area contributed by atoms with Crippen molar-refractivity contribution in [2.45, 2.75) is 32.6 Å². The van der Waals surface area contributed by atoms with E-state index in [1.54, 1.807) is 6.07 Å². The molecule has 1 atom stereocenters. The van der Waals surface area contributed by atoms with Crippen molar-refractivity contribution in [1.29, 1.82) is 0 Å². The molecule has 1 heterocycles. The van der Waals surface area contributed by atoms with E-state index in [1.165, 1.54) is 17.4 Å². The zero-order valence-corrected chi connectivity index (χ0v) is 8.00. The molecule has 0 saturated carbocycles. The maximum absolute atomic E-state index is 12.2. The molecule has 0 aliphatic carbocycles. The number of hydrogen-bond donors (Lipinski definition) is 0. The van der Waals surface area contributed by atoms with Crippen LogP contribution in [-0.4, -0.2) is 0 Å². The molecule has 68 valence electrons. The molecule has 0 fully saturated rings. The molecule has 3 heteroatoms. The van der Waals surface area contributed by atoms with Gasteiger partial charge in [-0.2, -0.15) is 0 Å². The van der Waals surface area contributed by atoms with Crippen LogP contribution >= 0.6 is 11.3 Å². The van der Waals surface area contributed by atoms with Crippen LogP contribution in [0.1, 0.15) is 42.4 Å². The number of thiophene rings is 1. The topological polar surface area (TPSA) is 0 Å². The van der Waals surface area contributed by atoms with E-state index >= 15 is 0 Å². The van der Waals surface area contributed by atoms with E-state index in [9.17, 15) is 8.78 Å². The Labute approximate surface area is 75.2 Å². The largest absolute Gasteiger partial charge is 0.272 e. The van der Waals surface area contributed by atoms with Gasteiger partial charge in [-0.25, -0.2) is 8.78 Å². The molecule has 1 unspecified atom stereocenters. The highest BCUT2D eigenvalue weighted by Gasteiger charge is 2.12. The van der Waals surface area contributed by atoms with Gasteiger partial charge in [0.1, 0.15) is 0 Å². The highest BCUT2D eigenvalue weighted by atomic mass is 32.1. The first-order valence-corrected chi connectivity index (χ1v) is 4.84. The lowest BCUT2D eigenvalue weighted by molar-refractivity contribution is 0.155. The third kappa shape index (κ3) is 2.03. The van der Waals surface area contributed by atoms with Crippen LogP contribution < -0.4 is 0 Å². The molecule has 0 radical (unpaired) electrons. The summed E-state index contributed by atoms with van der Waals surface area (Å²) in [6.45, 7) is 4.12. The van der Waals surface area contributed by atoms with Crippen LogP contribution in [-0.2, 0) is 0 Å². The highest BCUT2D eigenvalue weighted by Crippen LogP contribution is 2.32. The van der Waals surface area contributed by atoms with Crippen LogP contribution in [0, 0.1) is 0 Å². The number of alkyl halides is 2. The van der Waals surface area contributed by atoms with Gasteiger partial charge in [0.15, 0.2) is 0 Å². The van der Waals surface area contributed by atoms with Crippen LogP contribution in [0.5, 0.6) is 0 Å². The average molecular weight is 190 g/mol. The van der Waals surface area contributed by atoms with Gasteiger partial charge in [-0.3, -0.25) is 0 Å². The minimum absolute atomic E-state index is 0.185. The fraction of sp³-hybridized carbons (Fsp3) is 0.556. The Morgan fingerprint density at radius 3 is 2.33 bits per heavy atom. The standard InChI is InChI=1S/C9H12F2S/c1-3-6(2)7-4-5-8(12-7)9(10)11/h4-6,9H,3H2,1-2H3. The monoisotopic (exact) mass is 190 g/mol. The zero-order chi connectivity index (χ0) is 9.14. The Morgan fingerprint density at radius 2 is 1.92 bits per heavy atom. The molecule has 1 aromatic heterocycles. The molecule has 0 saturated heterocycles. The first-order valence-electron chi connectivity index (χ1n) is 4.03. The summed E-state index contributed by atoms with van der Waals surface area (Å²) < 4.78 is 24.3. The number of hydrogen-bond acceptors (Lipinski definition) is 1. The highest BCUT2D eigenvalue weighted by molar-refractivity contribution is 7.12. The molecule has 0 bridgehead atoms. The predicted molar refractivity (Wildman–Crippen MR) is 48.0 cm³/mol. The van der Waals surface area contributed by atoms with E-state index in [0.29, 0.717) is 5.92 Å². The lowest BCUT2D eigenvalue weighted by Gasteiger charge is -2.03. The SMILES string of the molecule is CCC(C)c1ccc(C(F)F)s1. The lowest BCUT2D eigenvalue weighted by Crippen LogP contribution is -1.84. The van der Waals surface area contributed by atoms with Crippen LogP contribution in [0.3, 0.4) is 0 Å². The van der Waals surface area contributed by atoms with E-state index in [0.717, 1.165) is 11.3 Å². The van der Waals surface area contributed by atoms with E-state index in [4.69, 9.17) is 0 Å². The summed E-state index contributed by atoms with van der Waals surface area (Å²) in [5.41, 5.74) is 0. The Bertz CT molecular complexity index is 242. The Kier molecular flexibility index (Phi) is 3.20. The van der Waals surface area contributed by atoms with Gasteiger partial charge in [-0.05, 0) is 24.5 Å². The molecule has 0 amide bonds. The summed E-state index contributed by atoms with van der Waals surface area (Å²) in [6.07, 6.45) is -1.31. The van der Waals surface area contributed by atoms with E-state index in [-0.39, 0.29) is 4.88 Å². The lowest BCUT2D eigenvalue weighted by atomic mass is 10.1. The van der Waals surface area contributed by atoms with Gasteiger partial charge in [-0.1, -0.05) is 13.8 Å². The van der Waals surface area contributed by atoms with Gasteiger partial charge in [0.05, 0.1) is 4.88 Å². The molecular formula is C9H12F2S. The first kappa shape index (κ1) is 9.65. The van der Waals surface area contributed by atoms with Gasteiger partial charge >= 0.3 is 0 Å². The smallest absolute Gasteiger partial charge is 0.204 e. The van der Waals surface area contributed by atoms with Crippen molar-refractivity contribution in [2.75, 3.05) is 0 Å². The van der Waals surface area contributed by atoms with E-state index in [1.807, 2.05) is 0 Å². The molecule has 0 aliphatic rings. The fourth-order valence-corrected chi connectivity index (χ4v) is 1.95. The molecule has 12 heavy (non-hydrogen) atoms. The molecule has 0 spiro atoms. The van der Waals surface area contributed by atoms with Gasteiger partial charge in [0.25, 0.3) is 6.43 Å². The summed E-state index contributed by atoms with van der Waals surface area (Å²) in [5, 5.41) is 0. The van der Waals surface area contributed by atoms with Crippen molar-refractivity contribution in [3.63, 3.8) is 0 Å². The van der Waals surface area contributed by atoms with Crippen molar-refractivity contribution in [1.82, 2.24) is 0 Å². The van der Waals surface area contributed by atoms with E-state index in [2.05, 4.69) is 13.8 Å². The summed E-state index contributed by atoms with van der Waals surface area (Å²) in [7, 11) is 0. The quantitative estimate of drug-likeness (QED) is 0.670. The average Bonchev–Trinajstić information content (AvgIpc) is 2.51. The van der Waals surface area contributed by atoms with Crippen molar-refractivity contribution >= 4 is 11.3 Å². The van der Waals surface area contributed by atoms with Crippen LogP contribution in [0.25, 0.3) is 0 Å². The number of rotatable bonds is 3. The fourth-order valence-electron chi connectivity index (χ4n) is 0.952. The molecule has 0 N–H and O–H groups in total. The second-order valence-electron chi connectivity index (χ2n) is 2.85. The van der Waals surface area contributed by atoms with Crippen molar-refractivity contribution in [3.05, 3.63) is 21.9 Å². The zero-order valence-electron chi connectivity index (χ0n) is 7.18. The van der Waals surface area contributed by atoms with Crippen LogP contribution in [0.15, 0.2) is 12.1 Å². The molecule has 0 aromatic carbocycles. The van der Waals surface area contributed by atoms with Crippen LogP contribution in [0.2, 0.25) is 0 Å². The Balaban J connectivity index is 2.77.